The molecule has 0 heterocycles. The van der Waals surface area contributed by atoms with Crippen LogP contribution in [0, 0.1) is 0 Å². The van der Waals surface area contributed by atoms with Crippen LogP contribution in [-0.2, 0) is 11.2 Å². The first-order valence-electron chi connectivity index (χ1n) is 6.94. The number of anilines is 2. The van der Waals surface area contributed by atoms with E-state index in [2.05, 4.69) is 5.32 Å². The number of carbonyl (C=O) groups excluding carboxylic acids is 1. The van der Waals surface area contributed by atoms with Crippen molar-refractivity contribution < 1.29 is 4.79 Å². The first kappa shape index (κ1) is 15.1. The Morgan fingerprint density at radius 1 is 1.10 bits per heavy atom. The number of carbonyl (C=O) groups is 1. The molecule has 0 saturated heterocycles. The number of benzene rings is 2. The van der Waals surface area contributed by atoms with E-state index in [0.29, 0.717) is 6.42 Å². The molecule has 0 bridgehead atoms. The van der Waals surface area contributed by atoms with Crippen molar-refractivity contribution in [1.29, 1.82) is 0 Å². The highest BCUT2D eigenvalue weighted by Crippen LogP contribution is 2.23. The predicted octanol–water partition coefficient (Wildman–Crippen LogP) is 2.26. The van der Waals surface area contributed by atoms with Crippen LogP contribution < -0.4 is 16.0 Å². The van der Waals surface area contributed by atoms with Crippen LogP contribution in [0.25, 0.3) is 0 Å². The number of hydrogen-bond acceptors (Lipinski definition) is 3. The van der Waals surface area contributed by atoms with Gasteiger partial charge in [0.1, 0.15) is 0 Å². The molecule has 0 aliphatic rings. The van der Waals surface area contributed by atoms with Crippen molar-refractivity contribution in [3.63, 3.8) is 0 Å². The van der Waals surface area contributed by atoms with Crippen molar-refractivity contribution in [2.75, 3.05) is 24.3 Å². The Balaban J connectivity index is 2.04. The lowest BCUT2D eigenvalue weighted by atomic mass is 10.1. The number of nitrogens with one attached hydrogen (secondary N) is 1. The first-order chi connectivity index (χ1) is 10.1. The number of rotatable bonds is 5. The quantitative estimate of drug-likeness (QED) is 0.885. The van der Waals surface area contributed by atoms with Gasteiger partial charge in [-0.1, -0.05) is 42.5 Å². The van der Waals surface area contributed by atoms with E-state index in [9.17, 15) is 4.79 Å². The van der Waals surface area contributed by atoms with E-state index >= 15 is 0 Å². The van der Waals surface area contributed by atoms with E-state index in [1.807, 2.05) is 73.6 Å². The standard InChI is InChI=1S/C17H21N3O/c1-20(2)16-11-7-6-10-15(16)19-17(21)14(18)12-13-8-4-3-5-9-13/h3-11,14H,12,18H2,1-2H3,(H,19,21). The molecule has 0 aromatic heterocycles. The van der Waals surface area contributed by atoms with Crippen molar-refractivity contribution in [2.24, 2.45) is 5.73 Å². The lowest BCUT2D eigenvalue weighted by molar-refractivity contribution is -0.117. The highest BCUT2D eigenvalue weighted by Gasteiger charge is 2.15. The van der Waals surface area contributed by atoms with Crippen LogP contribution in [0.2, 0.25) is 0 Å². The normalized spacial score (nSPS) is 11.8. The lowest BCUT2D eigenvalue weighted by Gasteiger charge is -2.19. The summed E-state index contributed by atoms with van der Waals surface area (Å²) >= 11 is 0. The van der Waals surface area contributed by atoms with E-state index in [0.717, 1.165) is 16.9 Å². The second kappa shape index (κ2) is 6.90. The third-order valence-corrected chi connectivity index (χ3v) is 3.28. The van der Waals surface area contributed by atoms with E-state index in [-0.39, 0.29) is 5.91 Å². The molecule has 3 N–H and O–H groups in total. The third-order valence-electron chi connectivity index (χ3n) is 3.28. The molecule has 2 aromatic rings. The van der Waals surface area contributed by atoms with E-state index in [4.69, 9.17) is 5.73 Å². The molecular weight excluding hydrogens is 262 g/mol. The number of hydrogen-bond donors (Lipinski definition) is 2. The summed E-state index contributed by atoms with van der Waals surface area (Å²) in [6, 6.07) is 16.9. The highest BCUT2D eigenvalue weighted by atomic mass is 16.2. The summed E-state index contributed by atoms with van der Waals surface area (Å²) < 4.78 is 0. The minimum atomic E-state index is -0.567. The topological polar surface area (TPSA) is 58.4 Å². The van der Waals surface area contributed by atoms with Gasteiger partial charge >= 0.3 is 0 Å². The smallest absolute Gasteiger partial charge is 0.241 e. The fourth-order valence-electron chi connectivity index (χ4n) is 2.16. The summed E-state index contributed by atoms with van der Waals surface area (Å²) in [6.45, 7) is 0. The largest absolute Gasteiger partial charge is 0.376 e. The van der Waals surface area contributed by atoms with Crippen LogP contribution in [-0.4, -0.2) is 26.0 Å². The van der Waals surface area contributed by atoms with Crippen LogP contribution >= 0.6 is 0 Å². The molecule has 0 spiro atoms. The minimum Gasteiger partial charge on any atom is -0.376 e. The van der Waals surface area contributed by atoms with Gasteiger partial charge in [0.05, 0.1) is 17.4 Å². The van der Waals surface area contributed by atoms with Crippen LogP contribution in [0.4, 0.5) is 11.4 Å². The summed E-state index contributed by atoms with van der Waals surface area (Å²) in [7, 11) is 3.88. The van der Waals surface area contributed by atoms with Crippen LogP contribution in [0.15, 0.2) is 54.6 Å². The summed E-state index contributed by atoms with van der Waals surface area (Å²) in [5.74, 6) is -0.173. The second-order valence-electron chi connectivity index (χ2n) is 5.20. The molecule has 110 valence electrons. The molecule has 0 fully saturated rings. The Kier molecular flexibility index (Phi) is 4.95. The first-order valence-corrected chi connectivity index (χ1v) is 6.94. The van der Waals surface area contributed by atoms with Gasteiger partial charge in [-0.3, -0.25) is 4.79 Å². The molecule has 2 aromatic carbocycles. The van der Waals surface area contributed by atoms with Gasteiger partial charge in [0, 0.05) is 14.1 Å². The molecule has 1 unspecified atom stereocenters. The number of para-hydroxylation sites is 2. The molecular formula is C17H21N3O. The number of nitrogens with two attached hydrogens (primary N) is 1. The Labute approximate surface area is 125 Å². The minimum absolute atomic E-state index is 0.173. The molecule has 4 heteroatoms. The SMILES string of the molecule is CN(C)c1ccccc1NC(=O)C(N)Cc1ccccc1. The fraction of sp³-hybridized carbons (Fsp3) is 0.235. The van der Waals surface area contributed by atoms with Crippen LogP contribution in [0.5, 0.6) is 0 Å². The molecule has 0 aliphatic carbocycles. The van der Waals surface area contributed by atoms with Crippen LogP contribution in [0.3, 0.4) is 0 Å². The van der Waals surface area contributed by atoms with E-state index < -0.39 is 6.04 Å². The zero-order chi connectivity index (χ0) is 15.2. The number of nitrogens with zero attached hydrogens (tertiary/aromatic N) is 1. The Morgan fingerprint density at radius 2 is 1.71 bits per heavy atom. The molecule has 1 atom stereocenters. The van der Waals surface area contributed by atoms with Crippen molar-refractivity contribution in [3.05, 3.63) is 60.2 Å². The van der Waals surface area contributed by atoms with E-state index in [1.165, 1.54) is 0 Å². The predicted molar refractivity (Wildman–Crippen MR) is 87.5 cm³/mol. The Bertz CT molecular complexity index is 596. The summed E-state index contributed by atoms with van der Waals surface area (Å²) in [4.78, 5) is 14.2. The molecule has 0 radical (unpaired) electrons. The molecule has 0 saturated carbocycles. The molecule has 0 aliphatic heterocycles. The lowest BCUT2D eigenvalue weighted by Crippen LogP contribution is -2.37. The average molecular weight is 283 g/mol. The molecule has 4 nitrogen and oxygen atoms in total. The van der Waals surface area contributed by atoms with Gasteiger partial charge in [0.2, 0.25) is 5.91 Å². The van der Waals surface area contributed by atoms with Gasteiger partial charge in [0.25, 0.3) is 0 Å². The van der Waals surface area contributed by atoms with Crippen molar-refractivity contribution >= 4 is 17.3 Å². The van der Waals surface area contributed by atoms with E-state index in [1.54, 1.807) is 0 Å². The average Bonchev–Trinajstić information content (AvgIpc) is 2.48. The second-order valence-corrected chi connectivity index (χ2v) is 5.20. The summed E-state index contributed by atoms with van der Waals surface area (Å²) in [5, 5.41) is 2.91. The maximum Gasteiger partial charge on any atom is 0.241 e. The molecule has 21 heavy (non-hydrogen) atoms. The Hall–Kier alpha value is -2.33. The van der Waals surface area contributed by atoms with Gasteiger partial charge in [-0.2, -0.15) is 0 Å². The summed E-state index contributed by atoms with van der Waals surface area (Å²) in [6.07, 6.45) is 0.525. The third kappa shape index (κ3) is 4.07. The summed E-state index contributed by atoms with van der Waals surface area (Å²) in [5.41, 5.74) is 8.78. The maximum absolute atomic E-state index is 12.2. The monoisotopic (exact) mass is 283 g/mol. The van der Waals surface area contributed by atoms with Gasteiger partial charge in [-0.05, 0) is 24.1 Å². The van der Waals surface area contributed by atoms with Crippen LogP contribution in [0.1, 0.15) is 5.56 Å². The van der Waals surface area contributed by atoms with Gasteiger partial charge < -0.3 is 16.0 Å². The van der Waals surface area contributed by atoms with Gasteiger partial charge in [0.15, 0.2) is 0 Å². The van der Waals surface area contributed by atoms with Crippen molar-refractivity contribution in [1.82, 2.24) is 0 Å². The molecule has 2 rings (SSSR count). The maximum atomic E-state index is 12.2. The zero-order valence-corrected chi connectivity index (χ0v) is 12.4. The zero-order valence-electron chi connectivity index (χ0n) is 12.4. The highest BCUT2D eigenvalue weighted by molar-refractivity contribution is 5.97. The Morgan fingerprint density at radius 3 is 2.38 bits per heavy atom. The van der Waals surface area contributed by atoms with Gasteiger partial charge in [-0.25, -0.2) is 0 Å². The molecule has 1 amide bonds. The number of amides is 1. The van der Waals surface area contributed by atoms with Crippen molar-refractivity contribution in [3.8, 4) is 0 Å². The van der Waals surface area contributed by atoms with Gasteiger partial charge in [-0.15, -0.1) is 0 Å². The fourth-order valence-corrected chi connectivity index (χ4v) is 2.16. The van der Waals surface area contributed by atoms with Crippen molar-refractivity contribution in [2.45, 2.75) is 12.5 Å².